The second-order valence-corrected chi connectivity index (χ2v) is 17.9. The Morgan fingerprint density at radius 3 is 1.94 bits per heavy atom. The standard InChI is InChI=1S/C59H44N5O.Pt/c1-59(2,3)42-31-44(63-38-62(43-22-12-7-13-23-43)55-30-41(28-29-53(55)63)39-18-8-5-9-19-39)33-45(32-42)65-46-34-49(40-20-10-6-11-21-40)58-48-25-15-17-27-52(48)64(56(58)35-46)57-36-54-50(37-60-57)47-24-14-16-26-51(47)61(54)4;/h5-32,34,36-38H,1-4H3;/q-3;. The largest absolute Gasteiger partial charge is 0.509 e. The second kappa shape index (κ2) is 16.2. The van der Waals surface area contributed by atoms with Gasteiger partial charge in [0.25, 0.3) is 0 Å². The molecule has 0 saturated heterocycles. The predicted octanol–water partition coefficient (Wildman–Crippen LogP) is 15.3. The normalized spacial score (nSPS) is 12.6. The van der Waals surface area contributed by atoms with Gasteiger partial charge in [0.05, 0.1) is 5.52 Å². The van der Waals surface area contributed by atoms with Crippen molar-refractivity contribution in [3.8, 4) is 39.6 Å². The Bertz CT molecular complexity index is 3610. The summed E-state index contributed by atoms with van der Waals surface area (Å²) >= 11 is 0. The number of fused-ring (bicyclic) bond motifs is 7. The quantitative estimate of drug-likeness (QED) is 0.149. The molecule has 0 N–H and O–H groups in total. The van der Waals surface area contributed by atoms with E-state index in [2.05, 4.69) is 248 Å². The van der Waals surface area contributed by atoms with Crippen molar-refractivity contribution in [1.82, 2.24) is 14.1 Å². The van der Waals surface area contributed by atoms with Crippen molar-refractivity contribution in [1.29, 1.82) is 0 Å². The van der Waals surface area contributed by atoms with E-state index in [9.17, 15) is 0 Å². The summed E-state index contributed by atoms with van der Waals surface area (Å²) in [4.78, 5) is 9.65. The van der Waals surface area contributed by atoms with Crippen LogP contribution in [-0.2, 0) is 33.5 Å². The summed E-state index contributed by atoms with van der Waals surface area (Å²) < 4.78 is 11.6. The van der Waals surface area contributed by atoms with E-state index in [4.69, 9.17) is 9.72 Å². The summed E-state index contributed by atoms with van der Waals surface area (Å²) in [6.07, 6.45) is 2.01. The van der Waals surface area contributed by atoms with Crippen molar-refractivity contribution in [2.24, 2.45) is 7.05 Å². The molecule has 1 aliphatic rings. The molecular formula is C59H44N5OPt-3. The summed E-state index contributed by atoms with van der Waals surface area (Å²) in [7, 11) is 2.13. The van der Waals surface area contributed by atoms with Crippen LogP contribution in [0.3, 0.4) is 0 Å². The zero-order chi connectivity index (χ0) is 43.8. The summed E-state index contributed by atoms with van der Waals surface area (Å²) in [6, 6.07) is 71.6. The van der Waals surface area contributed by atoms with Crippen LogP contribution >= 0.6 is 0 Å². The Hall–Kier alpha value is -7.40. The van der Waals surface area contributed by atoms with E-state index in [1.165, 1.54) is 16.5 Å². The topological polar surface area (TPSA) is 38.5 Å². The van der Waals surface area contributed by atoms with Gasteiger partial charge in [0.2, 0.25) is 0 Å². The van der Waals surface area contributed by atoms with Crippen LogP contribution in [0.2, 0.25) is 0 Å². The van der Waals surface area contributed by atoms with Gasteiger partial charge in [0.15, 0.2) is 0 Å². The van der Waals surface area contributed by atoms with Gasteiger partial charge in [-0.3, -0.25) is 0 Å². The van der Waals surface area contributed by atoms with Crippen LogP contribution in [0.15, 0.2) is 188 Å². The Kier molecular flexibility index (Phi) is 10.2. The summed E-state index contributed by atoms with van der Waals surface area (Å²) in [5.41, 5.74) is 13.7. The molecule has 1 aliphatic heterocycles. The molecule has 0 unspecified atom stereocenters. The molecule has 0 saturated carbocycles. The molecule has 3 aromatic heterocycles. The Morgan fingerprint density at radius 1 is 0.545 bits per heavy atom. The van der Waals surface area contributed by atoms with Crippen LogP contribution in [-0.4, -0.2) is 14.1 Å². The number of hydrogen-bond donors (Lipinski definition) is 0. The van der Waals surface area contributed by atoms with Gasteiger partial charge in [-0.2, -0.15) is 0 Å². The van der Waals surface area contributed by atoms with E-state index in [0.29, 0.717) is 11.5 Å². The van der Waals surface area contributed by atoms with Crippen LogP contribution in [0.25, 0.3) is 71.7 Å². The number of anilines is 4. The average molecular weight is 1030 g/mol. The first-order chi connectivity index (χ1) is 31.8. The Morgan fingerprint density at radius 2 is 1.20 bits per heavy atom. The van der Waals surface area contributed by atoms with Gasteiger partial charge in [-0.1, -0.05) is 153 Å². The van der Waals surface area contributed by atoms with Gasteiger partial charge in [-0.05, 0) is 63.9 Å². The van der Waals surface area contributed by atoms with E-state index >= 15 is 0 Å². The van der Waals surface area contributed by atoms with Gasteiger partial charge < -0.3 is 23.7 Å². The smallest absolute Gasteiger partial charge is 0.137 e. The summed E-state index contributed by atoms with van der Waals surface area (Å²) in [6.45, 7) is 8.89. The number of aromatic nitrogens is 3. The Labute approximate surface area is 399 Å². The molecule has 0 atom stereocenters. The van der Waals surface area contributed by atoms with Crippen LogP contribution in [0.1, 0.15) is 26.3 Å². The van der Waals surface area contributed by atoms with Crippen LogP contribution in [0, 0.1) is 18.8 Å². The molecule has 7 heteroatoms. The molecule has 324 valence electrons. The number of nitrogens with zero attached hydrogens (tertiary/aromatic N) is 5. The number of para-hydroxylation sites is 3. The average Bonchev–Trinajstić information content (AvgIpc) is 3.99. The van der Waals surface area contributed by atoms with Crippen LogP contribution in [0.5, 0.6) is 11.5 Å². The third kappa shape index (κ3) is 6.96. The van der Waals surface area contributed by atoms with E-state index < -0.39 is 0 Å². The van der Waals surface area contributed by atoms with E-state index in [0.717, 1.165) is 83.5 Å². The monoisotopic (exact) mass is 1030 g/mol. The van der Waals surface area contributed by atoms with Crippen molar-refractivity contribution in [2.75, 3.05) is 9.80 Å². The molecule has 66 heavy (non-hydrogen) atoms. The number of benzene rings is 8. The number of aryl methyl sites for hydroxylation is 1. The van der Waals surface area contributed by atoms with E-state index in [1.54, 1.807) is 0 Å². The van der Waals surface area contributed by atoms with Crippen molar-refractivity contribution < 1.29 is 25.8 Å². The maximum atomic E-state index is 7.07. The van der Waals surface area contributed by atoms with Gasteiger partial charge in [-0.15, -0.1) is 53.8 Å². The minimum atomic E-state index is -0.192. The number of rotatable bonds is 7. The van der Waals surface area contributed by atoms with Crippen molar-refractivity contribution >= 4 is 66.4 Å². The maximum Gasteiger partial charge on any atom is 0.137 e. The third-order valence-electron chi connectivity index (χ3n) is 12.8. The van der Waals surface area contributed by atoms with Gasteiger partial charge >= 0.3 is 0 Å². The zero-order valence-corrected chi connectivity index (χ0v) is 39.2. The fraction of sp³-hybridized carbons (Fsp3) is 0.0847. The van der Waals surface area contributed by atoms with Crippen molar-refractivity contribution in [3.63, 3.8) is 0 Å². The van der Waals surface area contributed by atoms with Gasteiger partial charge in [0, 0.05) is 90.7 Å². The number of hydrogen-bond acceptors (Lipinski definition) is 4. The minimum Gasteiger partial charge on any atom is -0.509 e. The molecule has 0 aliphatic carbocycles. The first-order valence-corrected chi connectivity index (χ1v) is 22.1. The molecule has 4 heterocycles. The molecule has 0 fully saturated rings. The second-order valence-electron chi connectivity index (χ2n) is 17.9. The van der Waals surface area contributed by atoms with Crippen LogP contribution in [0.4, 0.5) is 22.7 Å². The fourth-order valence-electron chi connectivity index (χ4n) is 9.51. The molecular weight excluding hydrogens is 990 g/mol. The molecule has 0 radical (unpaired) electrons. The van der Waals surface area contributed by atoms with E-state index in [1.807, 2.05) is 6.20 Å². The summed E-state index contributed by atoms with van der Waals surface area (Å²) in [5, 5.41) is 4.52. The van der Waals surface area contributed by atoms with Gasteiger partial charge in [-0.25, -0.2) is 4.98 Å². The van der Waals surface area contributed by atoms with Crippen molar-refractivity contribution in [3.05, 3.63) is 213 Å². The maximum absolute atomic E-state index is 7.07. The minimum absolute atomic E-state index is 0. The predicted molar refractivity (Wildman–Crippen MR) is 268 cm³/mol. The number of ether oxygens (including phenoxy) is 1. The van der Waals surface area contributed by atoms with Gasteiger partial charge in [0.1, 0.15) is 5.82 Å². The molecule has 8 aromatic carbocycles. The first-order valence-electron chi connectivity index (χ1n) is 22.1. The molecule has 0 amide bonds. The molecule has 11 aromatic rings. The van der Waals surface area contributed by atoms with E-state index in [-0.39, 0.29) is 26.5 Å². The molecule has 0 spiro atoms. The van der Waals surface area contributed by atoms with Crippen LogP contribution < -0.4 is 14.5 Å². The third-order valence-corrected chi connectivity index (χ3v) is 12.8. The zero-order valence-electron chi connectivity index (χ0n) is 36.9. The van der Waals surface area contributed by atoms with Crippen molar-refractivity contribution in [2.45, 2.75) is 26.2 Å². The SMILES string of the molecule is Cn1c2ccccc2c2cnc(-n3c4[c-]c(Oc5[c-]c(N6[CH-]N(c7ccccc7)c7cc(-c8ccccc8)ccc76)cc(C(C)(C)C)c5)cc(-c5ccccc5)c4c4ccccc43)cc21.[Pt]. The first kappa shape index (κ1) is 41.3. The molecule has 6 nitrogen and oxygen atoms in total. The number of pyridine rings is 1. The molecule has 0 bridgehead atoms. The fourth-order valence-corrected chi connectivity index (χ4v) is 9.51. The summed E-state index contributed by atoms with van der Waals surface area (Å²) in [5.74, 6) is 2.00. The Balaban J connectivity index is 0.00000481. The molecule has 12 rings (SSSR count).